The Balaban J connectivity index is 0.00000280. The molecule has 156 valence electrons. The van der Waals surface area contributed by atoms with Crippen LogP contribution in [0.15, 0.2) is 30.3 Å². The van der Waals surface area contributed by atoms with Crippen molar-refractivity contribution in [3.8, 4) is 0 Å². The molecule has 0 bridgehead atoms. The van der Waals surface area contributed by atoms with Crippen molar-refractivity contribution in [3.05, 3.63) is 35.9 Å². The lowest BCUT2D eigenvalue weighted by Gasteiger charge is -2.28. The molecule has 3 rings (SSSR count). The van der Waals surface area contributed by atoms with Crippen LogP contribution in [-0.4, -0.2) is 85.4 Å². The highest BCUT2D eigenvalue weighted by Crippen LogP contribution is 2.09. The molecule has 2 saturated heterocycles. The maximum absolute atomic E-state index is 12.5. The molecule has 2 aliphatic heterocycles. The summed E-state index contributed by atoms with van der Waals surface area (Å²) in [5.74, 6) is 0.508. The lowest BCUT2D eigenvalue weighted by atomic mass is 10.1. The standard InChI is InChI=1S/C21H32N4O2.ClH/c26-20(8-7-19-5-2-1-3-6-19)24-13-4-12-23(17-18-24)14-9-21(27)25-15-10-22-11-16-25;/h1-3,5-6,22H,4,7-18H2;1H. The Kier molecular flexibility index (Phi) is 9.75. The van der Waals surface area contributed by atoms with Gasteiger partial charge in [-0.2, -0.15) is 0 Å². The number of benzene rings is 1. The zero-order chi connectivity index (χ0) is 18.9. The van der Waals surface area contributed by atoms with Gasteiger partial charge < -0.3 is 20.0 Å². The Hall–Kier alpha value is -1.63. The summed E-state index contributed by atoms with van der Waals surface area (Å²) in [5.41, 5.74) is 1.22. The monoisotopic (exact) mass is 408 g/mol. The van der Waals surface area contributed by atoms with Gasteiger partial charge in [0, 0.05) is 65.2 Å². The number of carbonyl (C=O) groups excluding carboxylic acids is 2. The van der Waals surface area contributed by atoms with Crippen molar-refractivity contribution in [2.24, 2.45) is 0 Å². The number of nitrogens with one attached hydrogen (secondary N) is 1. The predicted octanol–water partition coefficient (Wildman–Crippen LogP) is 1.40. The van der Waals surface area contributed by atoms with Crippen LogP contribution >= 0.6 is 12.4 Å². The first-order chi connectivity index (χ1) is 13.2. The number of carbonyl (C=O) groups is 2. The Morgan fingerprint density at radius 1 is 0.821 bits per heavy atom. The average molecular weight is 409 g/mol. The van der Waals surface area contributed by atoms with E-state index in [-0.39, 0.29) is 24.2 Å². The largest absolute Gasteiger partial charge is 0.341 e. The van der Waals surface area contributed by atoms with E-state index in [1.165, 1.54) is 5.56 Å². The summed E-state index contributed by atoms with van der Waals surface area (Å²) in [5, 5.41) is 3.28. The molecule has 2 amide bonds. The average Bonchev–Trinajstić information content (AvgIpc) is 2.97. The van der Waals surface area contributed by atoms with Gasteiger partial charge in [0.2, 0.25) is 11.8 Å². The summed E-state index contributed by atoms with van der Waals surface area (Å²) in [6.45, 7) is 7.68. The third kappa shape index (κ3) is 7.08. The lowest BCUT2D eigenvalue weighted by molar-refractivity contribution is -0.132. The highest BCUT2D eigenvalue weighted by molar-refractivity contribution is 5.85. The molecule has 0 radical (unpaired) electrons. The molecule has 0 spiro atoms. The predicted molar refractivity (Wildman–Crippen MR) is 114 cm³/mol. The highest BCUT2D eigenvalue weighted by Gasteiger charge is 2.21. The quantitative estimate of drug-likeness (QED) is 0.773. The highest BCUT2D eigenvalue weighted by atomic mass is 35.5. The van der Waals surface area contributed by atoms with Gasteiger partial charge in [0.25, 0.3) is 0 Å². The Labute approximate surface area is 174 Å². The van der Waals surface area contributed by atoms with Crippen molar-refractivity contribution in [3.63, 3.8) is 0 Å². The maximum atomic E-state index is 12.5. The number of hydrogen-bond donors (Lipinski definition) is 1. The number of aryl methyl sites for hydroxylation is 1. The van der Waals surface area contributed by atoms with E-state index >= 15 is 0 Å². The van der Waals surface area contributed by atoms with Gasteiger partial charge in [0.15, 0.2) is 0 Å². The lowest BCUT2D eigenvalue weighted by Crippen LogP contribution is -2.47. The molecule has 2 fully saturated rings. The van der Waals surface area contributed by atoms with Crippen LogP contribution in [0.25, 0.3) is 0 Å². The molecule has 0 atom stereocenters. The second-order valence-electron chi connectivity index (χ2n) is 7.44. The van der Waals surface area contributed by atoms with Gasteiger partial charge in [-0.1, -0.05) is 30.3 Å². The molecular weight excluding hydrogens is 376 g/mol. The number of nitrogens with zero attached hydrogens (tertiary/aromatic N) is 3. The smallest absolute Gasteiger partial charge is 0.223 e. The zero-order valence-corrected chi connectivity index (χ0v) is 17.5. The molecule has 2 heterocycles. The number of halogens is 1. The van der Waals surface area contributed by atoms with Gasteiger partial charge in [0.05, 0.1) is 0 Å². The molecule has 1 aromatic rings. The van der Waals surface area contributed by atoms with Crippen LogP contribution in [-0.2, 0) is 16.0 Å². The van der Waals surface area contributed by atoms with Crippen molar-refractivity contribution < 1.29 is 9.59 Å². The first-order valence-electron chi connectivity index (χ1n) is 10.2. The normalized spacial score (nSPS) is 18.3. The van der Waals surface area contributed by atoms with Crippen LogP contribution in [0.4, 0.5) is 0 Å². The number of amides is 2. The van der Waals surface area contributed by atoms with Crippen molar-refractivity contribution >= 4 is 24.2 Å². The third-order valence-electron chi connectivity index (χ3n) is 5.52. The minimum absolute atomic E-state index is 0. The second-order valence-corrected chi connectivity index (χ2v) is 7.44. The van der Waals surface area contributed by atoms with Crippen LogP contribution in [0.5, 0.6) is 0 Å². The molecular formula is C21H33ClN4O2. The Morgan fingerprint density at radius 3 is 2.25 bits per heavy atom. The molecule has 1 aromatic carbocycles. The molecule has 28 heavy (non-hydrogen) atoms. The van der Waals surface area contributed by atoms with Crippen LogP contribution in [0.1, 0.15) is 24.8 Å². The van der Waals surface area contributed by atoms with Gasteiger partial charge in [-0.15, -0.1) is 12.4 Å². The SMILES string of the molecule is Cl.O=C(CCN1CCCN(C(=O)CCc2ccccc2)CC1)N1CCNCC1. The molecule has 1 N–H and O–H groups in total. The van der Waals surface area contributed by atoms with E-state index in [0.717, 1.165) is 71.7 Å². The summed E-state index contributed by atoms with van der Waals surface area (Å²) < 4.78 is 0. The van der Waals surface area contributed by atoms with Gasteiger partial charge in [-0.3, -0.25) is 9.59 Å². The van der Waals surface area contributed by atoms with E-state index in [1.54, 1.807) is 0 Å². The topological polar surface area (TPSA) is 55.9 Å². The van der Waals surface area contributed by atoms with Gasteiger partial charge in [-0.25, -0.2) is 0 Å². The van der Waals surface area contributed by atoms with Gasteiger partial charge >= 0.3 is 0 Å². The summed E-state index contributed by atoms with van der Waals surface area (Å²) in [6, 6.07) is 10.2. The van der Waals surface area contributed by atoms with Crippen molar-refractivity contribution in [1.29, 1.82) is 0 Å². The molecule has 0 unspecified atom stereocenters. The first kappa shape index (κ1) is 22.7. The third-order valence-corrected chi connectivity index (χ3v) is 5.52. The molecule has 0 aromatic heterocycles. The summed E-state index contributed by atoms with van der Waals surface area (Å²) in [4.78, 5) is 31.2. The van der Waals surface area contributed by atoms with E-state index in [9.17, 15) is 9.59 Å². The Bertz CT molecular complexity index is 608. The molecule has 7 heteroatoms. The van der Waals surface area contributed by atoms with Crippen LogP contribution < -0.4 is 5.32 Å². The fourth-order valence-electron chi connectivity index (χ4n) is 3.82. The molecule has 2 aliphatic rings. The van der Waals surface area contributed by atoms with Crippen molar-refractivity contribution in [1.82, 2.24) is 20.0 Å². The summed E-state index contributed by atoms with van der Waals surface area (Å²) in [6.07, 6.45) is 2.95. The maximum Gasteiger partial charge on any atom is 0.223 e. The molecule has 0 aliphatic carbocycles. The van der Waals surface area contributed by atoms with E-state index in [1.807, 2.05) is 28.0 Å². The number of hydrogen-bond acceptors (Lipinski definition) is 4. The van der Waals surface area contributed by atoms with Crippen molar-refractivity contribution in [2.75, 3.05) is 58.9 Å². The first-order valence-corrected chi connectivity index (χ1v) is 10.2. The van der Waals surface area contributed by atoms with E-state index in [4.69, 9.17) is 0 Å². The summed E-state index contributed by atoms with van der Waals surface area (Å²) in [7, 11) is 0. The molecule has 0 saturated carbocycles. The van der Waals surface area contributed by atoms with Gasteiger partial charge in [-0.05, 0) is 24.9 Å². The zero-order valence-electron chi connectivity index (χ0n) is 16.6. The van der Waals surface area contributed by atoms with E-state index in [2.05, 4.69) is 22.3 Å². The van der Waals surface area contributed by atoms with E-state index < -0.39 is 0 Å². The van der Waals surface area contributed by atoms with Crippen molar-refractivity contribution in [2.45, 2.75) is 25.7 Å². The number of piperazine rings is 1. The molecule has 6 nitrogen and oxygen atoms in total. The van der Waals surface area contributed by atoms with Crippen LogP contribution in [0, 0.1) is 0 Å². The van der Waals surface area contributed by atoms with Crippen LogP contribution in [0.3, 0.4) is 0 Å². The minimum atomic E-state index is 0. The van der Waals surface area contributed by atoms with Crippen LogP contribution in [0.2, 0.25) is 0 Å². The second kappa shape index (κ2) is 12.0. The van der Waals surface area contributed by atoms with E-state index in [0.29, 0.717) is 12.8 Å². The number of rotatable bonds is 6. The van der Waals surface area contributed by atoms with Gasteiger partial charge in [0.1, 0.15) is 0 Å². The minimum Gasteiger partial charge on any atom is -0.341 e. The Morgan fingerprint density at radius 2 is 1.50 bits per heavy atom. The summed E-state index contributed by atoms with van der Waals surface area (Å²) >= 11 is 0. The fraction of sp³-hybridized carbons (Fsp3) is 0.619. The fourth-order valence-corrected chi connectivity index (χ4v) is 3.82.